The van der Waals surface area contributed by atoms with Gasteiger partial charge in [-0.3, -0.25) is 0 Å². The summed E-state index contributed by atoms with van der Waals surface area (Å²) in [5, 5.41) is 0. The van der Waals surface area contributed by atoms with Crippen LogP contribution in [0.2, 0.25) is 0 Å². The molecular formula is C11H15NS2. The summed E-state index contributed by atoms with van der Waals surface area (Å²) in [5.41, 5.74) is 2.71. The second-order valence-electron chi connectivity index (χ2n) is 3.47. The third-order valence-electron chi connectivity index (χ3n) is 2.37. The van der Waals surface area contributed by atoms with Crippen LogP contribution in [0.15, 0.2) is 24.3 Å². The Bertz CT molecular complexity index is 276. The number of hydrogen-bond donors (Lipinski definition) is 0. The molecule has 3 heteroatoms. The first-order valence-corrected chi connectivity index (χ1v) is 7.41. The Balaban J connectivity index is 2.08. The highest BCUT2D eigenvalue weighted by atomic mass is 33.1. The second-order valence-corrected chi connectivity index (χ2v) is 6.17. The Morgan fingerprint density at radius 1 is 1.00 bits per heavy atom. The minimum absolute atomic E-state index is 1.18. The molecule has 0 aromatic heterocycles. The SMILES string of the molecule is Cc1ccc(N2CCSSCC2)cc1. The van der Waals surface area contributed by atoms with Crippen molar-refractivity contribution >= 4 is 27.3 Å². The van der Waals surface area contributed by atoms with Crippen molar-refractivity contribution in [2.45, 2.75) is 6.92 Å². The number of aryl methyl sites for hydroxylation is 1. The average Bonchev–Trinajstić information content (AvgIpc) is 2.47. The Kier molecular flexibility index (Phi) is 3.65. The molecule has 1 fully saturated rings. The van der Waals surface area contributed by atoms with E-state index >= 15 is 0 Å². The molecule has 1 aromatic rings. The highest BCUT2D eigenvalue weighted by molar-refractivity contribution is 8.76. The van der Waals surface area contributed by atoms with Crippen LogP contribution < -0.4 is 4.90 Å². The average molecular weight is 225 g/mol. The Labute approximate surface area is 93.7 Å². The van der Waals surface area contributed by atoms with Crippen molar-refractivity contribution in [2.75, 3.05) is 29.5 Å². The maximum Gasteiger partial charge on any atom is 0.0366 e. The van der Waals surface area contributed by atoms with E-state index in [1.54, 1.807) is 0 Å². The molecule has 0 atom stereocenters. The molecule has 14 heavy (non-hydrogen) atoms. The predicted molar refractivity (Wildman–Crippen MR) is 68.3 cm³/mol. The van der Waals surface area contributed by atoms with Gasteiger partial charge in [0.25, 0.3) is 0 Å². The first-order valence-electron chi connectivity index (χ1n) is 4.92. The monoisotopic (exact) mass is 225 g/mol. The van der Waals surface area contributed by atoms with Gasteiger partial charge in [-0.25, -0.2) is 0 Å². The van der Waals surface area contributed by atoms with E-state index in [1.165, 1.54) is 35.8 Å². The molecule has 1 nitrogen and oxygen atoms in total. The smallest absolute Gasteiger partial charge is 0.0366 e. The normalized spacial score (nSPS) is 17.9. The van der Waals surface area contributed by atoms with E-state index < -0.39 is 0 Å². The lowest BCUT2D eigenvalue weighted by Gasteiger charge is -2.21. The van der Waals surface area contributed by atoms with Gasteiger partial charge in [-0.2, -0.15) is 0 Å². The van der Waals surface area contributed by atoms with E-state index in [-0.39, 0.29) is 0 Å². The van der Waals surface area contributed by atoms with Gasteiger partial charge in [-0.1, -0.05) is 39.3 Å². The summed E-state index contributed by atoms with van der Waals surface area (Å²) in [6.45, 7) is 4.50. The summed E-state index contributed by atoms with van der Waals surface area (Å²) in [6, 6.07) is 8.85. The third-order valence-corrected chi connectivity index (χ3v) is 4.74. The molecule has 2 rings (SSSR count). The van der Waals surface area contributed by atoms with Crippen LogP contribution in [0.25, 0.3) is 0 Å². The Morgan fingerprint density at radius 3 is 2.14 bits per heavy atom. The molecule has 0 N–H and O–H groups in total. The van der Waals surface area contributed by atoms with Gasteiger partial charge in [0.2, 0.25) is 0 Å². The molecule has 0 unspecified atom stereocenters. The molecule has 0 amide bonds. The van der Waals surface area contributed by atoms with Crippen molar-refractivity contribution in [2.24, 2.45) is 0 Å². The number of rotatable bonds is 1. The lowest BCUT2D eigenvalue weighted by atomic mass is 10.2. The van der Waals surface area contributed by atoms with Gasteiger partial charge in [-0.15, -0.1) is 0 Å². The minimum Gasteiger partial charge on any atom is -0.370 e. The standard InChI is InChI=1S/C11H15NS2/c1-10-2-4-11(5-3-10)12-6-8-13-14-9-7-12/h2-5H,6-9H2,1H3. The summed E-state index contributed by atoms with van der Waals surface area (Å²) >= 11 is 0. The maximum absolute atomic E-state index is 2.48. The van der Waals surface area contributed by atoms with E-state index in [4.69, 9.17) is 0 Å². The van der Waals surface area contributed by atoms with Gasteiger partial charge >= 0.3 is 0 Å². The molecule has 0 spiro atoms. The van der Waals surface area contributed by atoms with Crippen molar-refractivity contribution in [1.29, 1.82) is 0 Å². The first kappa shape index (κ1) is 10.2. The zero-order valence-electron chi connectivity index (χ0n) is 8.40. The van der Waals surface area contributed by atoms with Gasteiger partial charge in [-0.05, 0) is 19.1 Å². The third kappa shape index (κ3) is 2.61. The van der Waals surface area contributed by atoms with Crippen molar-refractivity contribution in [3.05, 3.63) is 29.8 Å². The molecule has 1 aliphatic rings. The Morgan fingerprint density at radius 2 is 1.57 bits per heavy atom. The van der Waals surface area contributed by atoms with Gasteiger partial charge < -0.3 is 4.90 Å². The largest absolute Gasteiger partial charge is 0.370 e. The van der Waals surface area contributed by atoms with Crippen LogP contribution in [0, 0.1) is 6.92 Å². The summed E-state index contributed by atoms with van der Waals surface area (Å²) in [5.74, 6) is 2.47. The topological polar surface area (TPSA) is 3.24 Å². The molecule has 76 valence electrons. The highest BCUT2D eigenvalue weighted by Gasteiger charge is 2.09. The van der Waals surface area contributed by atoms with Gasteiger partial charge in [0.1, 0.15) is 0 Å². The lowest BCUT2D eigenvalue weighted by molar-refractivity contribution is 0.884. The molecule has 1 aliphatic heterocycles. The zero-order valence-corrected chi connectivity index (χ0v) is 10.0. The molecule has 0 aliphatic carbocycles. The van der Waals surface area contributed by atoms with Crippen LogP contribution in [-0.4, -0.2) is 24.6 Å². The maximum atomic E-state index is 2.48. The van der Waals surface area contributed by atoms with Crippen LogP contribution in [0.1, 0.15) is 5.56 Å². The van der Waals surface area contributed by atoms with Crippen LogP contribution in [0.5, 0.6) is 0 Å². The summed E-state index contributed by atoms with van der Waals surface area (Å²) < 4.78 is 0. The van der Waals surface area contributed by atoms with E-state index in [1.807, 2.05) is 21.6 Å². The number of nitrogens with zero attached hydrogens (tertiary/aromatic N) is 1. The molecule has 0 saturated carbocycles. The van der Waals surface area contributed by atoms with Gasteiger partial charge in [0, 0.05) is 30.3 Å². The number of anilines is 1. The molecule has 0 bridgehead atoms. The molecule has 1 aromatic carbocycles. The summed E-state index contributed by atoms with van der Waals surface area (Å²) in [7, 11) is 3.98. The number of benzene rings is 1. The second kappa shape index (κ2) is 4.99. The van der Waals surface area contributed by atoms with Gasteiger partial charge in [0.15, 0.2) is 0 Å². The zero-order chi connectivity index (χ0) is 9.80. The Hall–Kier alpha value is -0.280. The number of hydrogen-bond acceptors (Lipinski definition) is 3. The predicted octanol–water partition coefficient (Wildman–Crippen LogP) is 3.20. The van der Waals surface area contributed by atoms with Crippen LogP contribution in [0.3, 0.4) is 0 Å². The van der Waals surface area contributed by atoms with E-state index in [2.05, 4.69) is 36.1 Å². The van der Waals surface area contributed by atoms with Crippen molar-refractivity contribution in [1.82, 2.24) is 0 Å². The van der Waals surface area contributed by atoms with E-state index in [0.29, 0.717) is 0 Å². The molecular weight excluding hydrogens is 210 g/mol. The fraction of sp³-hybridized carbons (Fsp3) is 0.455. The minimum atomic E-state index is 1.18. The van der Waals surface area contributed by atoms with Crippen LogP contribution in [-0.2, 0) is 0 Å². The fourth-order valence-electron chi connectivity index (χ4n) is 1.54. The van der Waals surface area contributed by atoms with Crippen molar-refractivity contribution in [3.8, 4) is 0 Å². The van der Waals surface area contributed by atoms with Crippen LogP contribution >= 0.6 is 21.6 Å². The quantitative estimate of drug-likeness (QED) is 0.676. The van der Waals surface area contributed by atoms with E-state index in [9.17, 15) is 0 Å². The summed E-state index contributed by atoms with van der Waals surface area (Å²) in [6.07, 6.45) is 0. The van der Waals surface area contributed by atoms with E-state index in [0.717, 1.165) is 0 Å². The van der Waals surface area contributed by atoms with Crippen molar-refractivity contribution < 1.29 is 0 Å². The highest BCUT2D eigenvalue weighted by Crippen LogP contribution is 2.26. The molecule has 1 saturated heterocycles. The fourth-order valence-corrected chi connectivity index (χ4v) is 3.52. The molecule has 0 radical (unpaired) electrons. The summed E-state index contributed by atoms with van der Waals surface area (Å²) in [4.78, 5) is 2.48. The van der Waals surface area contributed by atoms with Crippen LogP contribution in [0.4, 0.5) is 5.69 Å². The van der Waals surface area contributed by atoms with Crippen molar-refractivity contribution in [3.63, 3.8) is 0 Å². The molecule has 1 heterocycles. The first-order chi connectivity index (χ1) is 6.86. The lowest BCUT2D eigenvalue weighted by Crippen LogP contribution is -2.26. The van der Waals surface area contributed by atoms with Gasteiger partial charge in [0.05, 0.1) is 0 Å².